The molecule has 0 saturated carbocycles. The van der Waals surface area contributed by atoms with E-state index < -0.39 is 50.4 Å². The van der Waals surface area contributed by atoms with E-state index in [1.807, 2.05) is 9.80 Å². The SMILES string of the molecule is CS(=O)(=O)C1CCN(c2nc3c(N4CCOCC4)nc(-c4cnc(N)nc4)nc3n2CC(F)(F)F)CC1.CS(=O)(=O)C1CCNCC1.Nc1ncc(-c2nc(N3CCOCC3)c3nc(Cl)n(CC(F)(F)F)c3n2)cn1. The van der Waals surface area contributed by atoms with Gasteiger partial charge < -0.3 is 41.0 Å². The lowest BCUT2D eigenvalue weighted by Gasteiger charge is -2.32. The molecule has 0 amide bonds. The molecule has 10 heterocycles. The third-order valence-corrected chi connectivity index (χ3v) is 16.1. The van der Waals surface area contributed by atoms with Crippen molar-refractivity contribution in [3.05, 3.63) is 30.1 Å². The number of hydrogen-bond donors (Lipinski definition) is 3. The number of morpholine rings is 2. The second-order valence-corrected chi connectivity index (χ2v) is 22.9. The molecule has 4 aliphatic rings. The van der Waals surface area contributed by atoms with Gasteiger partial charge in [-0.05, 0) is 50.4 Å². The molecule has 0 aromatic carbocycles. The van der Waals surface area contributed by atoms with Crippen LogP contribution in [0.15, 0.2) is 24.8 Å². The quantitative estimate of drug-likeness (QED) is 0.138. The third-order valence-electron chi connectivity index (χ3n) is 12.5. The van der Waals surface area contributed by atoms with E-state index in [-0.39, 0.29) is 75.4 Å². The van der Waals surface area contributed by atoms with Gasteiger partial charge >= 0.3 is 12.4 Å². The van der Waals surface area contributed by atoms with Gasteiger partial charge in [-0.1, -0.05) is 0 Å². The first-order valence-corrected chi connectivity index (χ1v) is 27.7. The van der Waals surface area contributed by atoms with Crippen LogP contribution >= 0.6 is 11.6 Å². The number of sulfone groups is 2. The summed E-state index contributed by atoms with van der Waals surface area (Å²) >= 11 is 6.00. The van der Waals surface area contributed by atoms with E-state index in [0.29, 0.717) is 88.2 Å². The highest BCUT2D eigenvalue weighted by molar-refractivity contribution is 7.91. The number of nitrogens with two attached hydrogens (primary N) is 2. The first-order valence-electron chi connectivity index (χ1n) is 23.4. The molecule has 408 valence electrons. The zero-order valence-corrected chi connectivity index (χ0v) is 42.9. The van der Waals surface area contributed by atoms with Crippen LogP contribution in [0.3, 0.4) is 0 Å². The van der Waals surface area contributed by atoms with Crippen LogP contribution in [0.25, 0.3) is 45.1 Å². The monoisotopic (exact) mass is 1120 g/mol. The molecular formula is C42H53ClF6N18O6S2. The summed E-state index contributed by atoms with van der Waals surface area (Å²) in [6.07, 6.45) is 1.22. The van der Waals surface area contributed by atoms with Crippen LogP contribution < -0.4 is 31.5 Å². The maximum absolute atomic E-state index is 13.8. The molecule has 33 heteroatoms. The van der Waals surface area contributed by atoms with Crippen molar-refractivity contribution in [3.63, 3.8) is 0 Å². The number of alkyl halides is 6. The van der Waals surface area contributed by atoms with Crippen LogP contribution in [-0.4, -0.2) is 190 Å². The van der Waals surface area contributed by atoms with Gasteiger partial charge in [0.15, 0.2) is 45.6 Å². The third kappa shape index (κ3) is 13.9. The van der Waals surface area contributed by atoms with E-state index in [0.717, 1.165) is 35.1 Å². The van der Waals surface area contributed by atoms with Crippen LogP contribution in [0, 0.1) is 0 Å². The van der Waals surface area contributed by atoms with E-state index in [1.165, 1.54) is 37.3 Å². The summed E-state index contributed by atoms with van der Waals surface area (Å²) in [5.41, 5.74) is 12.3. The Labute approximate surface area is 430 Å². The summed E-state index contributed by atoms with van der Waals surface area (Å²) in [6, 6.07) is 0. The number of nitrogen functional groups attached to an aromatic ring is 2. The summed E-state index contributed by atoms with van der Waals surface area (Å²) in [6.45, 7) is 3.30. The number of halogens is 7. The molecule has 4 fully saturated rings. The fourth-order valence-corrected chi connectivity index (χ4v) is 11.1. The molecule has 24 nitrogen and oxygen atoms in total. The minimum absolute atomic E-state index is 0.0147. The average molecular weight is 1120 g/mol. The second-order valence-electron chi connectivity index (χ2n) is 17.9. The first kappa shape index (κ1) is 55.2. The number of imidazole rings is 2. The largest absolute Gasteiger partial charge is 0.406 e. The molecule has 0 spiro atoms. The van der Waals surface area contributed by atoms with Crippen molar-refractivity contribution < 1.29 is 52.7 Å². The highest BCUT2D eigenvalue weighted by Gasteiger charge is 2.37. The lowest BCUT2D eigenvalue weighted by molar-refractivity contribution is -0.140. The number of ether oxygens (including phenoxy) is 2. The van der Waals surface area contributed by atoms with Gasteiger partial charge in [-0.25, -0.2) is 66.7 Å². The summed E-state index contributed by atoms with van der Waals surface area (Å²) in [5.74, 6) is 1.22. The van der Waals surface area contributed by atoms with Gasteiger partial charge in [-0.15, -0.1) is 0 Å². The number of rotatable bonds is 9. The number of hydrogen-bond acceptors (Lipinski definition) is 22. The van der Waals surface area contributed by atoms with E-state index in [2.05, 4.69) is 55.2 Å². The van der Waals surface area contributed by atoms with Gasteiger partial charge in [0.1, 0.15) is 32.8 Å². The molecule has 0 radical (unpaired) electrons. The zero-order chi connectivity index (χ0) is 53.9. The van der Waals surface area contributed by atoms with Gasteiger partial charge in [0.05, 0.1) is 48.1 Å². The van der Waals surface area contributed by atoms with Gasteiger partial charge in [-0.3, -0.25) is 9.13 Å². The number of nitrogens with zero attached hydrogens (tertiary/aromatic N) is 15. The van der Waals surface area contributed by atoms with Crippen molar-refractivity contribution in [2.75, 3.05) is 117 Å². The van der Waals surface area contributed by atoms with Crippen LogP contribution in [0.1, 0.15) is 25.7 Å². The van der Waals surface area contributed by atoms with E-state index in [1.54, 1.807) is 4.90 Å². The van der Waals surface area contributed by atoms with Crippen LogP contribution in [0.5, 0.6) is 0 Å². The number of aromatic nitrogens is 12. The molecule has 0 aliphatic carbocycles. The molecule has 5 N–H and O–H groups in total. The first-order chi connectivity index (χ1) is 35.4. The molecule has 6 aromatic heterocycles. The van der Waals surface area contributed by atoms with Gasteiger partial charge in [0.25, 0.3) is 0 Å². The predicted molar refractivity (Wildman–Crippen MR) is 266 cm³/mol. The Morgan fingerprint density at radius 2 is 0.987 bits per heavy atom. The number of piperidine rings is 2. The average Bonchev–Trinajstić information content (AvgIpc) is 3.88. The Hall–Kier alpha value is -6.09. The smallest absolute Gasteiger partial charge is 0.378 e. The minimum atomic E-state index is -4.55. The fourth-order valence-electron chi connectivity index (χ4n) is 8.68. The Morgan fingerprint density at radius 3 is 1.40 bits per heavy atom. The van der Waals surface area contributed by atoms with Gasteiger partial charge in [0, 0.05) is 76.6 Å². The summed E-state index contributed by atoms with van der Waals surface area (Å²) in [5, 5.41) is 2.18. The van der Waals surface area contributed by atoms with E-state index in [9.17, 15) is 43.2 Å². The molecule has 10 rings (SSSR count). The number of anilines is 5. The summed E-state index contributed by atoms with van der Waals surface area (Å²) in [4.78, 5) is 47.7. The Morgan fingerprint density at radius 1 is 0.587 bits per heavy atom. The molecule has 0 bridgehead atoms. The maximum Gasteiger partial charge on any atom is 0.406 e. The van der Waals surface area contributed by atoms with Crippen molar-refractivity contribution in [3.8, 4) is 22.8 Å². The number of fused-ring (bicyclic) bond motifs is 2. The van der Waals surface area contributed by atoms with Crippen LogP contribution in [-0.2, 0) is 42.2 Å². The molecule has 4 aliphatic heterocycles. The van der Waals surface area contributed by atoms with Gasteiger partial charge in [0.2, 0.25) is 23.1 Å². The predicted octanol–water partition coefficient (Wildman–Crippen LogP) is 2.98. The van der Waals surface area contributed by atoms with Crippen molar-refractivity contribution >= 4 is 83.1 Å². The summed E-state index contributed by atoms with van der Waals surface area (Å²) in [7, 11) is -6.02. The van der Waals surface area contributed by atoms with Crippen molar-refractivity contribution in [1.82, 2.24) is 64.3 Å². The molecular weight excluding hydrogens is 1070 g/mol. The lowest BCUT2D eigenvalue weighted by atomic mass is 10.1. The highest BCUT2D eigenvalue weighted by atomic mass is 35.5. The van der Waals surface area contributed by atoms with Crippen LogP contribution in [0.2, 0.25) is 5.28 Å². The normalized spacial score (nSPS) is 17.7. The Bertz CT molecular complexity index is 3160. The summed E-state index contributed by atoms with van der Waals surface area (Å²) < 4.78 is 139. The molecule has 6 aromatic rings. The van der Waals surface area contributed by atoms with Gasteiger partial charge in [-0.2, -0.15) is 26.3 Å². The molecule has 75 heavy (non-hydrogen) atoms. The zero-order valence-electron chi connectivity index (χ0n) is 40.5. The van der Waals surface area contributed by atoms with E-state index in [4.69, 9.17) is 32.5 Å². The van der Waals surface area contributed by atoms with Crippen molar-refractivity contribution in [2.24, 2.45) is 0 Å². The Balaban J connectivity index is 0.000000172. The molecule has 4 saturated heterocycles. The fraction of sp³-hybridized carbons (Fsp3) is 0.571. The Kier molecular flexibility index (Phi) is 16.6. The van der Waals surface area contributed by atoms with Crippen molar-refractivity contribution in [2.45, 2.75) is 61.6 Å². The highest BCUT2D eigenvalue weighted by Crippen LogP contribution is 2.36. The standard InChI is InChI=1S/C21H26F3N9O3S.C15H14ClF3N8O.C6H13NO2S/c1-37(34,35)14-2-4-32(5-3-14)20-28-15-17(31-6-8-36-9-7-31)29-16(13-10-26-19(25)27-11-13)30-18(15)33(20)12-21(22,23)24;16-13-23-9-11(26-1-3-28-4-2-26)24-10(8-5-21-14(20)22-6-8)25-12(9)27(13)7-15(17,18)19;1-10(8,9)6-2-4-7-5-3-6/h10-11,14H,2-9,12H2,1H3,(H2,25,26,27);5-6H,1-4,7H2,(H2,20,21,22);6-7H,2-5H2,1H3. The maximum atomic E-state index is 13.8. The topological polar surface area (TPSA) is 299 Å². The second kappa shape index (κ2) is 22.6. The molecule has 0 atom stereocenters. The molecule has 0 unspecified atom stereocenters. The van der Waals surface area contributed by atoms with Crippen LogP contribution in [0.4, 0.5) is 55.8 Å². The van der Waals surface area contributed by atoms with E-state index >= 15 is 0 Å². The number of nitrogens with one attached hydrogen (secondary N) is 1. The van der Waals surface area contributed by atoms with Crippen molar-refractivity contribution in [1.29, 1.82) is 0 Å². The lowest BCUT2D eigenvalue weighted by Crippen LogP contribution is -2.40. The minimum Gasteiger partial charge on any atom is -0.378 e.